The fourth-order valence-corrected chi connectivity index (χ4v) is 2.39. The maximum absolute atomic E-state index is 11.9. The standard InChI is InChI=1S/C21H26N2O4/c1-26-13-14-27-19-9-7-18(8-10-19)16-23-20(24)11-12-22-21(25)15-17-5-3-2-4-6-17/h2-10H,11-16H2,1H3,(H,22,25)(H,23,24). The van der Waals surface area contributed by atoms with Gasteiger partial charge in [-0.15, -0.1) is 0 Å². The molecule has 0 atom stereocenters. The number of nitrogens with one attached hydrogen (secondary N) is 2. The van der Waals surface area contributed by atoms with Gasteiger partial charge in [0.2, 0.25) is 11.8 Å². The molecule has 0 saturated carbocycles. The molecule has 0 heterocycles. The first-order chi connectivity index (χ1) is 13.2. The molecule has 2 N–H and O–H groups in total. The van der Waals surface area contributed by atoms with Gasteiger partial charge in [0.25, 0.3) is 0 Å². The third kappa shape index (κ3) is 8.37. The van der Waals surface area contributed by atoms with E-state index in [0.29, 0.717) is 32.7 Å². The van der Waals surface area contributed by atoms with Crippen LogP contribution in [0.15, 0.2) is 54.6 Å². The van der Waals surface area contributed by atoms with Crippen molar-refractivity contribution in [2.24, 2.45) is 0 Å². The molecule has 6 nitrogen and oxygen atoms in total. The van der Waals surface area contributed by atoms with Crippen molar-refractivity contribution in [3.8, 4) is 5.75 Å². The molecule has 2 rings (SSSR count). The first-order valence-corrected chi connectivity index (χ1v) is 8.95. The quantitative estimate of drug-likeness (QED) is 0.594. The van der Waals surface area contributed by atoms with Crippen LogP contribution in [0.2, 0.25) is 0 Å². The number of hydrogen-bond donors (Lipinski definition) is 2. The second kappa shape index (κ2) is 11.7. The van der Waals surface area contributed by atoms with Crippen molar-refractivity contribution in [2.45, 2.75) is 19.4 Å². The zero-order valence-electron chi connectivity index (χ0n) is 15.6. The Morgan fingerprint density at radius 1 is 0.852 bits per heavy atom. The van der Waals surface area contributed by atoms with Crippen LogP contribution >= 0.6 is 0 Å². The van der Waals surface area contributed by atoms with Crippen molar-refractivity contribution in [3.05, 3.63) is 65.7 Å². The summed E-state index contributed by atoms with van der Waals surface area (Å²) in [4.78, 5) is 23.7. The number of methoxy groups -OCH3 is 1. The summed E-state index contributed by atoms with van der Waals surface area (Å²) >= 11 is 0. The van der Waals surface area contributed by atoms with Gasteiger partial charge in [0.05, 0.1) is 13.0 Å². The average Bonchev–Trinajstić information content (AvgIpc) is 2.68. The lowest BCUT2D eigenvalue weighted by molar-refractivity contribution is -0.122. The Morgan fingerprint density at radius 2 is 1.59 bits per heavy atom. The molecule has 2 aromatic rings. The SMILES string of the molecule is COCCOc1ccc(CNC(=O)CCNC(=O)Cc2ccccc2)cc1. The highest BCUT2D eigenvalue weighted by Gasteiger charge is 2.05. The topological polar surface area (TPSA) is 76.7 Å². The van der Waals surface area contributed by atoms with Gasteiger partial charge < -0.3 is 20.1 Å². The van der Waals surface area contributed by atoms with Crippen molar-refractivity contribution in [1.29, 1.82) is 0 Å². The van der Waals surface area contributed by atoms with Gasteiger partial charge in [-0.3, -0.25) is 9.59 Å². The summed E-state index contributed by atoms with van der Waals surface area (Å²) in [6.45, 7) is 1.81. The molecule has 0 fully saturated rings. The van der Waals surface area contributed by atoms with E-state index >= 15 is 0 Å². The van der Waals surface area contributed by atoms with E-state index in [1.165, 1.54) is 0 Å². The number of hydrogen-bond acceptors (Lipinski definition) is 4. The average molecular weight is 370 g/mol. The highest BCUT2D eigenvalue weighted by molar-refractivity contribution is 5.80. The van der Waals surface area contributed by atoms with Crippen LogP contribution in [0, 0.1) is 0 Å². The lowest BCUT2D eigenvalue weighted by Gasteiger charge is -2.09. The summed E-state index contributed by atoms with van der Waals surface area (Å²) in [6, 6.07) is 17.0. The van der Waals surface area contributed by atoms with E-state index in [2.05, 4.69) is 10.6 Å². The van der Waals surface area contributed by atoms with E-state index in [-0.39, 0.29) is 18.2 Å². The molecule has 0 aromatic heterocycles. The molecule has 0 spiro atoms. The van der Waals surface area contributed by atoms with Crippen LogP contribution in [0.1, 0.15) is 17.5 Å². The molecule has 2 amide bonds. The monoisotopic (exact) mass is 370 g/mol. The largest absolute Gasteiger partial charge is 0.491 e. The highest BCUT2D eigenvalue weighted by Crippen LogP contribution is 2.12. The molecule has 6 heteroatoms. The maximum Gasteiger partial charge on any atom is 0.224 e. The van der Waals surface area contributed by atoms with Crippen LogP contribution in [0.25, 0.3) is 0 Å². The van der Waals surface area contributed by atoms with Crippen molar-refractivity contribution in [1.82, 2.24) is 10.6 Å². The summed E-state index contributed by atoms with van der Waals surface area (Å²) in [7, 11) is 1.63. The van der Waals surface area contributed by atoms with Crippen LogP contribution in [-0.4, -0.2) is 38.7 Å². The Bertz CT molecular complexity index is 702. The third-order valence-electron chi connectivity index (χ3n) is 3.85. The predicted octanol–water partition coefficient (Wildman–Crippen LogP) is 2.08. The Balaban J connectivity index is 1.61. The maximum atomic E-state index is 11.9. The van der Waals surface area contributed by atoms with Gasteiger partial charge in [-0.25, -0.2) is 0 Å². The molecule has 0 saturated heterocycles. The minimum absolute atomic E-state index is 0.0851. The summed E-state index contributed by atoms with van der Waals surface area (Å²) in [5, 5.41) is 5.61. The third-order valence-corrected chi connectivity index (χ3v) is 3.85. The molecule has 27 heavy (non-hydrogen) atoms. The number of carbonyl (C=O) groups is 2. The fourth-order valence-electron chi connectivity index (χ4n) is 2.39. The summed E-state index contributed by atoms with van der Waals surface area (Å²) < 4.78 is 10.4. The van der Waals surface area contributed by atoms with Crippen molar-refractivity contribution >= 4 is 11.8 Å². The smallest absolute Gasteiger partial charge is 0.224 e. The van der Waals surface area contributed by atoms with Gasteiger partial charge in [-0.1, -0.05) is 42.5 Å². The lowest BCUT2D eigenvalue weighted by Crippen LogP contribution is -2.31. The zero-order chi connectivity index (χ0) is 19.3. The van der Waals surface area contributed by atoms with E-state index in [1.807, 2.05) is 54.6 Å². The van der Waals surface area contributed by atoms with Gasteiger partial charge in [0.15, 0.2) is 0 Å². The van der Waals surface area contributed by atoms with E-state index in [0.717, 1.165) is 16.9 Å². The normalized spacial score (nSPS) is 10.3. The molecule has 0 unspecified atom stereocenters. The van der Waals surface area contributed by atoms with Gasteiger partial charge >= 0.3 is 0 Å². The molecular formula is C21H26N2O4. The van der Waals surface area contributed by atoms with E-state index < -0.39 is 0 Å². The summed E-state index contributed by atoms with van der Waals surface area (Å²) in [6.07, 6.45) is 0.569. The van der Waals surface area contributed by atoms with Crippen LogP contribution in [0.4, 0.5) is 0 Å². The predicted molar refractivity (Wildman–Crippen MR) is 103 cm³/mol. The number of ether oxygens (including phenoxy) is 2. The molecular weight excluding hydrogens is 344 g/mol. The minimum Gasteiger partial charge on any atom is -0.491 e. The fraction of sp³-hybridized carbons (Fsp3) is 0.333. The second-order valence-corrected chi connectivity index (χ2v) is 6.02. The van der Waals surface area contributed by atoms with Crippen LogP contribution in [0.3, 0.4) is 0 Å². The van der Waals surface area contributed by atoms with Gasteiger partial charge in [-0.2, -0.15) is 0 Å². The minimum atomic E-state index is -0.101. The van der Waals surface area contributed by atoms with Gasteiger partial charge in [-0.05, 0) is 23.3 Å². The Kier molecular flexibility index (Phi) is 8.86. The number of carbonyl (C=O) groups excluding carboxylic acids is 2. The molecule has 0 aliphatic rings. The highest BCUT2D eigenvalue weighted by atomic mass is 16.5. The van der Waals surface area contributed by atoms with Crippen molar-refractivity contribution in [2.75, 3.05) is 26.9 Å². The van der Waals surface area contributed by atoms with E-state index in [1.54, 1.807) is 7.11 Å². The molecule has 144 valence electrons. The lowest BCUT2D eigenvalue weighted by atomic mass is 10.1. The van der Waals surface area contributed by atoms with Crippen molar-refractivity contribution in [3.63, 3.8) is 0 Å². The van der Waals surface area contributed by atoms with E-state index in [4.69, 9.17) is 9.47 Å². The van der Waals surface area contributed by atoms with Gasteiger partial charge in [0, 0.05) is 26.6 Å². The second-order valence-electron chi connectivity index (χ2n) is 6.02. The van der Waals surface area contributed by atoms with Crippen LogP contribution < -0.4 is 15.4 Å². The van der Waals surface area contributed by atoms with Gasteiger partial charge in [0.1, 0.15) is 12.4 Å². The molecule has 0 radical (unpaired) electrons. The zero-order valence-corrected chi connectivity index (χ0v) is 15.6. The molecule has 0 aliphatic carbocycles. The Morgan fingerprint density at radius 3 is 2.30 bits per heavy atom. The molecule has 0 bridgehead atoms. The number of rotatable bonds is 11. The summed E-state index contributed by atoms with van der Waals surface area (Å²) in [5.41, 5.74) is 1.93. The van der Waals surface area contributed by atoms with Crippen LogP contribution in [-0.2, 0) is 27.3 Å². The molecule has 2 aromatic carbocycles. The van der Waals surface area contributed by atoms with E-state index in [9.17, 15) is 9.59 Å². The molecule has 0 aliphatic heterocycles. The van der Waals surface area contributed by atoms with Crippen LogP contribution in [0.5, 0.6) is 5.75 Å². The first kappa shape index (κ1) is 20.5. The van der Waals surface area contributed by atoms with Crippen molar-refractivity contribution < 1.29 is 19.1 Å². The Labute approximate surface area is 159 Å². The Hall–Kier alpha value is -2.86. The summed E-state index contributed by atoms with van der Waals surface area (Å²) in [5.74, 6) is 0.580. The number of amides is 2. The first-order valence-electron chi connectivity index (χ1n) is 8.95. The number of benzene rings is 2.